The van der Waals surface area contributed by atoms with Crippen molar-refractivity contribution in [1.29, 1.82) is 5.26 Å². The first kappa shape index (κ1) is 14.1. The minimum atomic E-state index is -3.20. The van der Waals surface area contributed by atoms with Gasteiger partial charge in [0.1, 0.15) is 12.4 Å². The summed E-state index contributed by atoms with van der Waals surface area (Å²) in [5.74, 6) is 0.560. The summed E-state index contributed by atoms with van der Waals surface area (Å²) in [6, 6.07) is 15.5. The predicted octanol–water partition coefficient (Wildman–Crippen LogP) is 2.54. The third kappa shape index (κ3) is 3.37. The molecular weight excluding hydrogens is 274 g/mol. The fraction of sp³-hybridized carbons (Fsp3) is 0.133. The van der Waals surface area contributed by atoms with Crippen LogP contribution in [0.15, 0.2) is 53.4 Å². The smallest absolute Gasteiger partial charge is 0.175 e. The van der Waals surface area contributed by atoms with Crippen molar-refractivity contribution in [1.82, 2.24) is 0 Å². The number of hydrogen-bond donors (Lipinski definition) is 0. The molecule has 0 aliphatic heterocycles. The monoisotopic (exact) mass is 287 g/mol. The Balaban J connectivity index is 2.10. The molecule has 20 heavy (non-hydrogen) atoms. The van der Waals surface area contributed by atoms with Gasteiger partial charge >= 0.3 is 0 Å². The van der Waals surface area contributed by atoms with Gasteiger partial charge < -0.3 is 4.74 Å². The van der Waals surface area contributed by atoms with E-state index in [-0.39, 0.29) is 11.5 Å². The number of nitriles is 1. The van der Waals surface area contributed by atoms with Crippen molar-refractivity contribution in [2.24, 2.45) is 0 Å². The minimum absolute atomic E-state index is 0.252. The van der Waals surface area contributed by atoms with Crippen LogP contribution in [0.25, 0.3) is 0 Å². The Bertz CT molecular complexity index is 743. The molecule has 0 fully saturated rings. The molecule has 0 amide bonds. The van der Waals surface area contributed by atoms with Crippen molar-refractivity contribution in [2.75, 3.05) is 6.26 Å². The summed E-state index contributed by atoms with van der Waals surface area (Å²) in [5, 5.41) is 8.97. The first-order valence-electron chi connectivity index (χ1n) is 5.91. The maximum absolute atomic E-state index is 11.3. The van der Waals surface area contributed by atoms with Crippen LogP contribution in [0.2, 0.25) is 0 Å². The highest BCUT2D eigenvalue weighted by atomic mass is 32.2. The van der Waals surface area contributed by atoms with E-state index in [1.165, 1.54) is 12.1 Å². The van der Waals surface area contributed by atoms with Crippen LogP contribution in [0.5, 0.6) is 5.75 Å². The van der Waals surface area contributed by atoms with Gasteiger partial charge in [0.05, 0.1) is 16.5 Å². The van der Waals surface area contributed by atoms with Crippen molar-refractivity contribution in [3.05, 3.63) is 59.7 Å². The van der Waals surface area contributed by atoms with Gasteiger partial charge in [0.2, 0.25) is 0 Å². The average molecular weight is 287 g/mol. The fourth-order valence-corrected chi connectivity index (χ4v) is 2.33. The molecule has 0 spiro atoms. The number of nitrogens with zero attached hydrogens (tertiary/aromatic N) is 1. The van der Waals surface area contributed by atoms with Gasteiger partial charge in [-0.25, -0.2) is 8.42 Å². The lowest BCUT2D eigenvalue weighted by Crippen LogP contribution is -1.99. The van der Waals surface area contributed by atoms with Gasteiger partial charge in [-0.2, -0.15) is 5.26 Å². The molecule has 0 unspecified atom stereocenters. The highest BCUT2D eigenvalue weighted by Gasteiger charge is 2.07. The van der Waals surface area contributed by atoms with Crippen LogP contribution in [0.3, 0.4) is 0 Å². The van der Waals surface area contributed by atoms with Crippen molar-refractivity contribution < 1.29 is 13.2 Å². The van der Waals surface area contributed by atoms with Crippen molar-refractivity contribution in [2.45, 2.75) is 11.5 Å². The quantitative estimate of drug-likeness (QED) is 0.866. The van der Waals surface area contributed by atoms with Crippen molar-refractivity contribution >= 4 is 9.84 Å². The van der Waals surface area contributed by atoms with Crippen LogP contribution in [0, 0.1) is 11.3 Å². The first-order chi connectivity index (χ1) is 9.50. The van der Waals surface area contributed by atoms with E-state index in [1.807, 2.05) is 12.1 Å². The summed E-state index contributed by atoms with van der Waals surface area (Å²) in [7, 11) is -3.20. The Labute approximate surface area is 118 Å². The normalized spacial score (nSPS) is 10.8. The zero-order chi connectivity index (χ0) is 14.6. The summed E-state index contributed by atoms with van der Waals surface area (Å²) in [4.78, 5) is 0.252. The predicted molar refractivity (Wildman–Crippen MR) is 75.0 cm³/mol. The van der Waals surface area contributed by atoms with Crippen LogP contribution in [-0.2, 0) is 16.4 Å². The summed E-state index contributed by atoms with van der Waals surface area (Å²) < 4.78 is 28.2. The van der Waals surface area contributed by atoms with Gasteiger partial charge in [0, 0.05) is 11.8 Å². The molecule has 2 aromatic carbocycles. The first-order valence-corrected chi connectivity index (χ1v) is 7.81. The van der Waals surface area contributed by atoms with Gasteiger partial charge in [-0.1, -0.05) is 18.2 Å². The highest BCUT2D eigenvalue weighted by Crippen LogP contribution is 2.18. The lowest BCUT2D eigenvalue weighted by Gasteiger charge is -2.08. The average Bonchev–Trinajstić information content (AvgIpc) is 2.45. The summed E-state index contributed by atoms with van der Waals surface area (Å²) in [5.41, 5.74) is 1.36. The molecule has 0 aliphatic rings. The van der Waals surface area contributed by atoms with Gasteiger partial charge in [-0.05, 0) is 30.3 Å². The van der Waals surface area contributed by atoms with Crippen LogP contribution >= 0.6 is 0 Å². The number of rotatable bonds is 4. The second-order valence-electron chi connectivity index (χ2n) is 4.30. The molecule has 0 aromatic heterocycles. The van der Waals surface area contributed by atoms with E-state index in [4.69, 9.17) is 10.00 Å². The number of ether oxygens (including phenoxy) is 1. The molecule has 102 valence electrons. The van der Waals surface area contributed by atoms with Crippen molar-refractivity contribution in [3.8, 4) is 11.8 Å². The zero-order valence-corrected chi connectivity index (χ0v) is 11.7. The second kappa shape index (κ2) is 5.76. The Hall–Kier alpha value is -2.32. The number of sulfone groups is 1. The van der Waals surface area contributed by atoms with E-state index < -0.39 is 9.84 Å². The van der Waals surface area contributed by atoms with E-state index in [0.29, 0.717) is 11.3 Å². The molecule has 0 N–H and O–H groups in total. The van der Waals surface area contributed by atoms with Gasteiger partial charge in [-0.3, -0.25) is 0 Å². The molecular formula is C15H13NO3S. The minimum Gasteiger partial charge on any atom is -0.489 e. The molecule has 0 saturated carbocycles. The third-order valence-electron chi connectivity index (χ3n) is 2.78. The number of benzene rings is 2. The van der Waals surface area contributed by atoms with E-state index >= 15 is 0 Å². The lowest BCUT2D eigenvalue weighted by atomic mass is 10.1. The highest BCUT2D eigenvalue weighted by molar-refractivity contribution is 7.90. The lowest BCUT2D eigenvalue weighted by molar-refractivity contribution is 0.305. The molecule has 2 rings (SSSR count). The zero-order valence-electron chi connectivity index (χ0n) is 10.9. The van der Waals surface area contributed by atoms with E-state index in [2.05, 4.69) is 6.07 Å². The molecule has 0 aliphatic carbocycles. The Morgan fingerprint density at radius 1 is 1.10 bits per heavy atom. The van der Waals surface area contributed by atoms with Crippen LogP contribution in [0.4, 0.5) is 0 Å². The van der Waals surface area contributed by atoms with E-state index in [0.717, 1.165) is 11.8 Å². The molecule has 0 radical (unpaired) electrons. The maximum atomic E-state index is 11.3. The second-order valence-corrected chi connectivity index (χ2v) is 6.32. The fourth-order valence-electron chi connectivity index (χ4n) is 1.70. The Kier molecular flexibility index (Phi) is 4.06. The molecule has 0 atom stereocenters. The Morgan fingerprint density at radius 3 is 2.35 bits per heavy atom. The van der Waals surface area contributed by atoms with Crippen molar-refractivity contribution in [3.63, 3.8) is 0 Å². The van der Waals surface area contributed by atoms with Gasteiger partial charge in [0.25, 0.3) is 0 Å². The molecule has 0 heterocycles. The standard InChI is InChI=1S/C15H13NO3S/c1-20(17,18)15-8-6-14(7-9-15)19-11-13-5-3-2-4-12(13)10-16/h2-9H,11H2,1H3. The molecule has 0 bridgehead atoms. The topological polar surface area (TPSA) is 67.2 Å². The SMILES string of the molecule is CS(=O)(=O)c1ccc(OCc2ccccc2C#N)cc1. The van der Waals surface area contributed by atoms with Crippen LogP contribution < -0.4 is 4.74 Å². The third-order valence-corrected chi connectivity index (χ3v) is 3.91. The van der Waals surface area contributed by atoms with Gasteiger partial charge in [-0.15, -0.1) is 0 Å². The van der Waals surface area contributed by atoms with Gasteiger partial charge in [0.15, 0.2) is 9.84 Å². The van der Waals surface area contributed by atoms with E-state index in [1.54, 1.807) is 24.3 Å². The number of hydrogen-bond acceptors (Lipinski definition) is 4. The summed E-state index contributed by atoms with van der Waals surface area (Å²) in [6.45, 7) is 0.266. The largest absolute Gasteiger partial charge is 0.489 e. The van der Waals surface area contributed by atoms with Crippen LogP contribution in [-0.4, -0.2) is 14.7 Å². The maximum Gasteiger partial charge on any atom is 0.175 e. The summed E-state index contributed by atoms with van der Waals surface area (Å²) in [6.07, 6.45) is 1.16. The molecule has 5 heteroatoms. The molecule has 4 nitrogen and oxygen atoms in total. The van der Waals surface area contributed by atoms with Crippen LogP contribution in [0.1, 0.15) is 11.1 Å². The molecule has 0 saturated heterocycles. The molecule has 2 aromatic rings. The summed E-state index contributed by atoms with van der Waals surface area (Å²) >= 11 is 0. The Morgan fingerprint density at radius 2 is 1.75 bits per heavy atom. The van der Waals surface area contributed by atoms with E-state index in [9.17, 15) is 8.42 Å².